The van der Waals surface area contributed by atoms with E-state index in [-0.39, 0.29) is 10.9 Å². The number of benzene rings is 1. The third-order valence-electron chi connectivity index (χ3n) is 2.42. The van der Waals surface area contributed by atoms with Crippen LogP contribution in [0.4, 0.5) is 14.6 Å². The predicted molar refractivity (Wildman–Crippen MR) is 60.6 cm³/mol. The maximum atomic E-state index is 13.5. The van der Waals surface area contributed by atoms with E-state index < -0.39 is 11.6 Å². The van der Waals surface area contributed by atoms with Crippen LogP contribution in [0.15, 0.2) is 18.2 Å². The summed E-state index contributed by atoms with van der Waals surface area (Å²) >= 11 is 0. The van der Waals surface area contributed by atoms with Crippen molar-refractivity contribution in [2.24, 2.45) is 0 Å². The van der Waals surface area contributed by atoms with Crippen LogP contribution in [0.1, 0.15) is 12.5 Å². The van der Waals surface area contributed by atoms with Crippen molar-refractivity contribution >= 4 is 16.7 Å². The van der Waals surface area contributed by atoms with Crippen molar-refractivity contribution in [2.75, 3.05) is 11.9 Å². The van der Waals surface area contributed by atoms with Crippen LogP contribution < -0.4 is 5.32 Å². The van der Waals surface area contributed by atoms with Gasteiger partial charge in [-0.25, -0.2) is 13.8 Å². The average molecular weight is 222 g/mol. The highest BCUT2D eigenvalue weighted by Gasteiger charge is 2.10. The van der Waals surface area contributed by atoms with Gasteiger partial charge in [0, 0.05) is 11.9 Å². The lowest BCUT2D eigenvalue weighted by atomic mass is 10.1. The second-order valence-electron chi connectivity index (χ2n) is 3.61. The first-order valence-electron chi connectivity index (χ1n) is 5.12. The van der Waals surface area contributed by atoms with Crippen molar-refractivity contribution in [3.63, 3.8) is 0 Å². The van der Waals surface area contributed by atoms with E-state index in [0.717, 1.165) is 17.7 Å². The number of pyridine rings is 1. The molecule has 0 spiro atoms. The highest BCUT2D eigenvalue weighted by molar-refractivity contribution is 5.82. The molecule has 0 unspecified atom stereocenters. The van der Waals surface area contributed by atoms with E-state index in [2.05, 4.69) is 10.3 Å². The number of fused-ring (bicyclic) bond motifs is 1. The lowest BCUT2D eigenvalue weighted by molar-refractivity contribution is 0.615. The fourth-order valence-electron chi connectivity index (χ4n) is 1.64. The minimum absolute atomic E-state index is 0.0709. The van der Waals surface area contributed by atoms with Crippen LogP contribution in [-0.4, -0.2) is 11.5 Å². The number of aromatic nitrogens is 1. The zero-order valence-corrected chi connectivity index (χ0v) is 9.14. The Morgan fingerprint density at radius 2 is 1.94 bits per heavy atom. The van der Waals surface area contributed by atoms with Crippen molar-refractivity contribution < 1.29 is 8.78 Å². The van der Waals surface area contributed by atoms with Gasteiger partial charge in [-0.3, -0.25) is 0 Å². The molecule has 84 valence electrons. The molecule has 0 amide bonds. The van der Waals surface area contributed by atoms with Crippen LogP contribution in [0.3, 0.4) is 0 Å². The summed E-state index contributed by atoms with van der Waals surface area (Å²) in [5.41, 5.74) is 0.875. The van der Waals surface area contributed by atoms with Crippen LogP contribution in [0.5, 0.6) is 0 Å². The van der Waals surface area contributed by atoms with Gasteiger partial charge in [-0.2, -0.15) is 0 Å². The number of nitrogens with one attached hydrogen (secondary N) is 1. The fraction of sp³-hybridized carbons (Fsp3) is 0.250. The molecule has 0 aliphatic rings. The molecule has 1 heterocycles. The summed E-state index contributed by atoms with van der Waals surface area (Å²) in [6.07, 6.45) is 0. The first kappa shape index (κ1) is 10.8. The van der Waals surface area contributed by atoms with E-state index in [9.17, 15) is 8.78 Å². The van der Waals surface area contributed by atoms with Crippen molar-refractivity contribution in [3.05, 3.63) is 35.4 Å². The molecule has 0 atom stereocenters. The van der Waals surface area contributed by atoms with Crippen LogP contribution >= 0.6 is 0 Å². The summed E-state index contributed by atoms with van der Waals surface area (Å²) in [5, 5.41) is 3.24. The quantitative estimate of drug-likeness (QED) is 0.843. The van der Waals surface area contributed by atoms with Gasteiger partial charge in [0.15, 0.2) is 0 Å². The first-order chi connectivity index (χ1) is 7.63. The van der Waals surface area contributed by atoms with E-state index in [1.807, 2.05) is 13.8 Å². The standard InChI is InChI=1S/C12H12F2N2/c1-3-15-12-7(2)6-8-9(13)4-5-10(14)11(8)16-12/h4-6H,3H2,1-2H3,(H,15,16). The molecule has 2 nitrogen and oxygen atoms in total. The molecule has 0 saturated carbocycles. The third-order valence-corrected chi connectivity index (χ3v) is 2.42. The number of halogens is 2. The average Bonchev–Trinajstić information content (AvgIpc) is 2.26. The molecule has 1 aromatic carbocycles. The van der Waals surface area contributed by atoms with E-state index >= 15 is 0 Å². The molecule has 2 aromatic rings. The van der Waals surface area contributed by atoms with E-state index in [4.69, 9.17) is 0 Å². The summed E-state index contributed by atoms with van der Waals surface area (Å²) in [5.74, 6) is -0.356. The molecule has 0 aliphatic heterocycles. The minimum atomic E-state index is -0.504. The Kier molecular flexibility index (Phi) is 2.73. The molecule has 2 rings (SSSR count). The molecule has 1 aromatic heterocycles. The smallest absolute Gasteiger partial charge is 0.149 e. The highest BCUT2D eigenvalue weighted by atomic mass is 19.1. The number of anilines is 1. The number of hydrogen-bond acceptors (Lipinski definition) is 2. The van der Waals surface area contributed by atoms with Crippen LogP contribution in [0.25, 0.3) is 10.9 Å². The molecule has 1 N–H and O–H groups in total. The van der Waals surface area contributed by atoms with Gasteiger partial charge >= 0.3 is 0 Å². The Balaban J connectivity index is 2.73. The van der Waals surface area contributed by atoms with Gasteiger partial charge in [0.2, 0.25) is 0 Å². The molecule has 16 heavy (non-hydrogen) atoms. The van der Waals surface area contributed by atoms with E-state index in [1.165, 1.54) is 0 Å². The molecule has 0 radical (unpaired) electrons. The number of hydrogen-bond donors (Lipinski definition) is 1. The van der Waals surface area contributed by atoms with Crippen LogP contribution in [-0.2, 0) is 0 Å². The predicted octanol–water partition coefficient (Wildman–Crippen LogP) is 3.25. The molecular weight excluding hydrogens is 210 g/mol. The van der Waals surface area contributed by atoms with Gasteiger partial charge in [-0.15, -0.1) is 0 Å². The van der Waals surface area contributed by atoms with Crippen molar-refractivity contribution in [1.29, 1.82) is 0 Å². The largest absolute Gasteiger partial charge is 0.370 e. The second-order valence-corrected chi connectivity index (χ2v) is 3.61. The van der Waals surface area contributed by atoms with Crippen molar-refractivity contribution in [1.82, 2.24) is 4.98 Å². The van der Waals surface area contributed by atoms with Crippen molar-refractivity contribution in [2.45, 2.75) is 13.8 Å². The normalized spacial score (nSPS) is 10.8. The van der Waals surface area contributed by atoms with Gasteiger partial charge in [-0.05, 0) is 37.6 Å². The second kappa shape index (κ2) is 4.04. The van der Waals surface area contributed by atoms with Gasteiger partial charge in [0.1, 0.15) is 23.0 Å². The molecule has 4 heteroatoms. The lowest BCUT2D eigenvalue weighted by Crippen LogP contribution is -2.02. The number of aryl methyl sites for hydroxylation is 1. The summed E-state index contributed by atoms with van der Waals surface area (Å²) in [7, 11) is 0. The molecule has 0 bridgehead atoms. The Labute approximate surface area is 92.3 Å². The lowest BCUT2D eigenvalue weighted by Gasteiger charge is -2.09. The number of rotatable bonds is 2. The monoisotopic (exact) mass is 222 g/mol. The maximum Gasteiger partial charge on any atom is 0.149 e. The zero-order valence-electron chi connectivity index (χ0n) is 9.14. The molecular formula is C12H12F2N2. The molecule has 0 saturated heterocycles. The summed E-state index contributed by atoms with van der Waals surface area (Å²) < 4.78 is 26.9. The Hall–Kier alpha value is -1.71. The SMILES string of the molecule is CCNc1nc2c(F)ccc(F)c2cc1C. The Morgan fingerprint density at radius 1 is 1.25 bits per heavy atom. The van der Waals surface area contributed by atoms with E-state index in [0.29, 0.717) is 12.4 Å². The summed E-state index contributed by atoms with van der Waals surface area (Å²) in [6.45, 7) is 4.43. The number of nitrogens with zero attached hydrogens (tertiary/aromatic N) is 1. The minimum Gasteiger partial charge on any atom is -0.370 e. The van der Waals surface area contributed by atoms with Crippen LogP contribution in [0.2, 0.25) is 0 Å². The Bertz CT molecular complexity index is 538. The summed E-state index contributed by atoms with van der Waals surface area (Å²) in [4.78, 5) is 4.10. The fourth-order valence-corrected chi connectivity index (χ4v) is 1.64. The van der Waals surface area contributed by atoms with Gasteiger partial charge in [-0.1, -0.05) is 0 Å². The Morgan fingerprint density at radius 3 is 2.62 bits per heavy atom. The van der Waals surface area contributed by atoms with Crippen LogP contribution in [0, 0.1) is 18.6 Å². The highest BCUT2D eigenvalue weighted by Crippen LogP contribution is 2.24. The first-order valence-corrected chi connectivity index (χ1v) is 5.12. The zero-order chi connectivity index (χ0) is 11.7. The molecule has 0 aliphatic carbocycles. The van der Waals surface area contributed by atoms with E-state index in [1.54, 1.807) is 6.07 Å². The van der Waals surface area contributed by atoms with Gasteiger partial charge in [0.25, 0.3) is 0 Å². The molecule has 0 fully saturated rings. The maximum absolute atomic E-state index is 13.5. The van der Waals surface area contributed by atoms with Gasteiger partial charge in [0.05, 0.1) is 0 Å². The van der Waals surface area contributed by atoms with Crippen molar-refractivity contribution in [3.8, 4) is 0 Å². The third kappa shape index (κ3) is 1.71. The topological polar surface area (TPSA) is 24.9 Å². The summed E-state index contributed by atoms with van der Waals surface area (Å²) in [6, 6.07) is 3.82. The van der Waals surface area contributed by atoms with Gasteiger partial charge < -0.3 is 5.32 Å².